The summed E-state index contributed by atoms with van der Waals surface area (Å²) in [5, 5.41) is 3.46. The lowest BCUT2D eigenvalue weighted by atomic mass is 10.1. The average molecular weight is 487 g/mol. The van der Waals surface area contributed by atoms with E-state index in [0.29, 0.717) is 35.3 Å². The Bertz CT molecular complexity index is 946. The van der Waals surface area contributed by atoms with Crippen LogP contribution in [0.15, 0.2) is 42.5 Å². The molecule has 0 fully saturated rings. The molecule has 2 rings (SSSR count). The van der Waals surface area contributed by atoms with E-state index in [9.17, 15) is 13.2 Å². The summed E-state index contributed by atoms with van der Waals surface area (Å²) >= 11 is 12.0. The standard InChI is InChI=1S/C22H28Cl2N2O4S/c1-3-5-17-7-9-21(10-8-17)30-13-11-25-22(27)6-4-12-26(31(2,28)29)20-15-18(23)14-19(24)16-20/h7-10,14-16H,3-6,11-13H2,1-2H3,(H,25,27). The highest BCUT2D eigenvalue weighted by atomic mass is 35.5. The molecule has 6 nitrogen and oxygen atoms in total. The van der Waals surface area contributed by atoms with E-state index in [-0.39, 0.29) is 18.9 Å². The van der Waals surface area contributed by atoms with Crippen molar-refractivity contribution < 1.29 is 17.9 Å². The van der Waals surface area contributed by atoms with Gasteiger partial charge in [-0.2, -0.15) is 0 Å². The summed E-state index contributed by atoms with van der Waals surface area (Å²) in [6.07, 6.45) is 3.78. The summed E-state index contributed by atoms with van der Waals surface area (Å²) in [6.45, 7) is 3.01. The van der Waals surface area contributed by atoms with Crippen molar-refractivity contribution in [3.63, 3.8) is 0 Å². The third-order valence-corrected chi connectivity index (χ3v) is 6.09. The van der Waals surface area contributed by atoms with Crippen molar-refractivity contribution in [3.8, 4) is 5.75 Å². The third-order valence-electron chi connectivity index (χ3n) is 4.46. The first-order chi connectivity index (χ1) is 14.7. The zero-order valence-electron chi connectivity index (χ0n) is 17.7. The third kappa shape index (κ3) is 8.97. The molecule has 1 amide bonds. The van der Waals surface area contributed by atoms with Crippen LogP contribution in [0.5, 0.6) is 5.75 Å². The molecule has 170 valence electrons. The maximum atomic E-state index is 12.2. The molecule has 0 bridgehead atoms. The molecule has 0 atom stereocenters. The van der Waals surface area contributed by atoms with Crippen molar-refractivity contribution >= 4 is 44.8 Å². The van der Waals surface area contributed by atoms with Gasteiger partial charge < -0.3 is 10.1 Å². The Morgan fingerprint density at radius 2 is 1.74 bits per heavy atom. The summed E-state index contributed by atoms with van der Waals surface area (Å²) < 4.78 is 31.1. The Labute approximate surface area is 194 Å². The van der Waals surface area contributed by atoms with E-state index in [1.54, 1.807) is 0 Å². The first kappa shape index (κ1) is 25.3. The number of amides is 1. The minimum Gasteiger partial charge on any atom is -0.492 e. The van der Waals surface area contributed by atoms with Crippen molar-refractivity contribution in [2.75, 3.05) is 30.3 Å². The monoisotopic (exact) mass is 486 g/mol. The number of aryl methyl sites for hydroxylation is 1. The number of hydrogen-bond acceptors (Lipinski definition) is 4. The van der Waals surface area contributed by atoms with Crippen LogP contribution < -0.4 is 14.4 Å². The Morgan fingerprint density at radius 3 is 2.32 bits per heavy atom. The van der Waals surface area contributed by atoms with Gasteiger partial charge in [0.2, 0.25) is 15.9 Å². The topological polar surface area (TPSA) is 75.7 Å². The van der Waals surface area contributed by atoms with Crippen LogP contribution in [-0.2, 0) is 21.2 Å². The fraction of sp³-hybridized carbons (Fsp3) is 0.409. The Hall–Kier alpha value is -1.96. The predicted molar refractivity (Wildman–Crippen MR) is 127 cm³/mol. The number of ether oxygens (including phenoxy) is 1. The van der Waals surface area contributed by atoms with Crippen LogP contribution in [0.1, 0.15) is 31.7 Å². The SMILES string of the molecule is CCCc1ccc(OCCNC(=O)CCCN(c2cc(Cl)cc(Cl)c2)S(C)(=O)=O)cc1. The van der Waals surface area contributed by atoms with E-state index in [4.69, 9.17) is 27.9 Å². The molecule has 0 saturated heterocycles. The average Bonchev–Trinajstić information content (AvgIpc) is 2.68. The van der Waals surface area contributed by atoms with Crippen molar-refractivity contribution in [1.82, 2.24) is 5.32 Å². The number of halogens is 2. The van der Waals surface area contributed by atoms with Gasteiger partial charge in [-0.15, -0.1) is 0 Å². The summed E-state index contributed by atoms with van der Waals surface area (Å²) in [4.78, 5) is 12.1. The quantitative estimate of drug-likeness (QED) is 0.441. The van der Waals surface area contributed by atoms with Crippen molar-refractivity contribution in [2.45, 2.75) is 32.6 Å². The Kier molecular flexibility index (Phi) is 9.93. The van der Waals surface area contributed by atoms with Gasteiger partial charge in [-0.1, -0.05) is 48.7 Å². The van der Waals surface area contributed by atoms with Crippen LogP contribution in [0.2, 0.25) is 10.0 Å². The number of hydrogen-bond donors (Lipinski definition) is 1. The van der Waals surface area contributed by atoms with E-state index >= 15 is 0 Å². The lowest BCUT2D eigenvalue weighted by Crippen LogP contribution is -2.33. The molecule has 0 spiro atoms. The molecule has 0 aromatic heterocycles. The molecule has 0 heterocycles. The minimum atomic E-state index is -3.54. The Balaban J connectivity index is 1.75. The molecular formula is C22H28Cl2N2O4S. The molecular weight excluding hydrogens is 459 g/mol. The van der Waals surface area contributed by atoms with Crippen molar-refractivity contribution in [2.24, 2.45) is 0 Å². The highest BCUT2D eigenvalue weighted by molar-refractivity contribution is 7.92. The van der Waals surface area contributed by atoms with Crippen molar-refractivity contribution in [1.29, 1.82) is 0 Å². The first-order valence-electron chi connectivity index (χ1n) is 10.1. The van der Waals surface area contributed by atoms with Crippen molar-refractivity contribution in [3.05, 3.63) is 58.1 Å². The van der Waals surface area contributed by atoms with Gasteiger partial charge in [-0.05, 0) is 48.7 Å². The normalized spacial score (nSPS) is 11.2. The summed E-state index contributed by atoms with van der Waals surface area (Å²) in [7, 11) is -3.54. The van der Waals surface area contributed by atoms with Gasteiger partial charge in [-0.3, -0.25) is 9.10 Å². The lowest BCUT2D eigenvalue weighted by Gasteiger charge is -2.22. The van der Waals surface area contributed by atoms with Gasteiger partial charge >= 0.3 is 0 Å². The van der Waals surface area contributed by atoms with Crippen LogP contribution in [0.25, 0.3) is 0 Å². The van der Waals surface area contributed by atoms with Gasteiger partial charge in [0.1, 0.15) is 12.4 Å². The molecule has 0 unspecified atom stereocenters. The molecule has 9 heteroatoms. The largest absolute Gasteiger partial charge is 0.492 e. The molecule has 2 aromatic rings. The number of anilines is 1. The molecule has 1 N–H and O–H groups in total. The maximum absolute atomic E-state index is 12.2. The first-order valence-corrected chi connectivity index (χ1v) is 12.7. The zero-order chi connectivity index (χ0) is 22.9. The van der Waals surface area contributed by atoms with Crippen LogP contribution in [0.4, 0.5) is 5.69 Å². The maximum Gasteiger partial charge on any atom is 0.232 e. The van der Waals surface area contributed by atoms with Gasteiger partial charge in [-0.25, -0.2) is 8.42 Å². The van der Waals surface area contributed by atoms with E-state index in [0.717, 1.165) is 24.8 Å². The smallest absolute Gasteiger partial charge is 0.232 e. The number of carbonyl (C=O) groups is 1. The highest BCUT2D eigenvalue weighted by Gasteiger charge is 2.18. The van der Waals surface area contributed by atoms with Gasteiger partial charge in [0.05, 0.1) is 18.5 Å². The van der Waals surface area contributed by atoms with Crippen LogP contribution in [-0.4, -0.2) is 40.3 Å². The fourth-order valence-corrected chi connectivity index (χ4v) is 4.51. The van der Waals surface area contributed by atoms with E-state index in [2.05, 4.69) is 12.2 Å². The molecule has 0 aliphatic rings. The number of sulfonamides is 1. The second kappa shape index (κ2) is 12.2. The lowest BCUT2D eigenvalue weighted by molar-refractivity contribution is -0.121. The number of nitrogens with one attached hydrogen (secondary N) is 1. The van der Waals surface area contributed by atoms with Gasteiger partial charge in [0, 0.05) is 23.0 Å². The molecule has 0 aliphatic heterocycles. The summed E-state index contributed by atoms with van der Waals surface area (Å²) in [6, 6.07) is 12.5. The molecule has 31 heavy (non-hydrogen) atoms. The summed E-state index contributed by atoms with van der Waals surface area (Å²) in [5.41, 5.74) is 1.64. The van der Waals surface area contributed by atoms with Gasteiger partial charge in [0.25, 0.3) is 0 Å². The molecule has 0 radical (unpaired) electrons. The number of rotatable bonds is 12. The van der Waals surface area contributed by atoms with E-state index in [1.165, 1.54) is 28.1 Å². The zero-order valence-corrected chi connectivity index (χ0v) is 20.1. The second-order valence-corrected chi connectivity index (χ2v) is 9.94. The van der Waals surface area contributed by atoms with E-state index in [1.807, 2.05) is 24.3 Å². The number of carbonyl (C=O) groups excluding carboxylic acids is 1. The minimum absolute atomic E-state index is 0.142. The molecule has 2 aromatic carbocycles. The number of nitrogens with zero attached hydrogens (tertiary/aromatic N) is 1. The molecule has 0 saturated carbocycles. The summed E-state index contributed by atoms with van der Waals surface area (Å²) in [5.74, 6) is 0.595. The van der Waals surface area contributed by atoms with Crippen LogP contribution >= 0.6 is 23.2 Å². The second-order valence-electron chi connectivity index (χ2n) is 7.16. The van der Waals surface area contributed by atoms with Crippen LogP contribution in [0.3, 0.4) is 0 Å². The van der Waals surface area contributed by atoms with E-state index < -0.39 is 10.0 Å². The molecule has 0 aliphatic carbocycles. The Morgan fingerprint density at radius 1 is 1.10 bits per heavy atom. The highest BCUT2D eigenvalue weighted by Crippen LogP contribution is 2.27. The number of benzene rings is 2. The van der Waals surface area contributed by atoms with Gasteiger partial charge in [0.15, 0.2) is 0 Å². The van der Waals surface area contributed by atoms with Crippen LogP contribution in [0, 0.1) is 0 Å². The fourth-order valence-electron chi connectivity index (χ4n) is 3.04. The predicted octanol–water partition coefficient (Wildman–Crippen LogP) is 4.69.